The van der Waals surface area contributed by atoms with Crippen molar-refractivity contribution in [1.82, 2.24) is 19.7 Å². The van der Waals surface area contributed by atoms with Crippen LogP contribution in [0.1, 0.15) is 38.5 Å². The second-order valence-electron chi connectivity index (χ2n) is 5.93. The smallest absolute Gasteiger partial charge is 0.236 e. The summed E-state index contributed by atoms with van der Waals surface area (Å²) in [7, 11) is 0. The number of hydrogen-bond donors (Lipinski definition) is 2. The van der Waals surface area contributed by atoms with Crippen LogP contribution in [0.3, 0.4) is 0 Å². The van der Waals surface area contributed by atoms with E-state index in [2.05, 4.69) is 20.5 Å². The minimum Gasteiger partial charge on any atom is -0.423 e. The quantitative estimate of drug-likeness (QED) is 0.726. The number of hydrogen-bond acceptors (Lipinski definition) is 6. The number of nitrogens with one attached hydrogen (secondary N) is 1. The van der Waals surface area contributed by atoms with Crippen molar-refractivity contribution in [2.75, 3.05) is 11.9 Å². The molecule has 0 bridgehead atoms. The van der Waals surface area contributed by atoms with Gasteiger partial charge in [-0.3, -0.25) is 0 Å². The van der Waals surface area contributed by atoms with E-state index in [1.54, 1.807) is 6.92 Å². The van der Waals surface area contributed by atoms with Crippen molar-refractivity contribution in [3.05, 3.63) is 36.0 Å². The average molecular weight is 315 g/mol. The average Bonchev–Trinajstić information content (AvgIpc) is 3.11. The Morgan fingerprint density at radius 1 is 1.22 bits per heavy atom. The first-order chi connectivity index (χ1) is 11.0. The summed E-state index contributed by atoms with van der Waals surface area (Å²) in [5.74, 6) is 2.04. The van der Waals surface area contributed by atoms with E-state index in [4.69, 9.17) is 4.42 Å². The molecule has 7 nitrogen and oxygen atoms in total. The van der Waals surface area contributed by atoms with Gasteiger partial charge in [-0.2, -0.15) is 0 Å². The van der Waals surface area contributed by atoms with E-state index in [1.807, 2.05) is 42.7 Å². The highest BCUT2D eigenvalue weighted by Crippen LogP contribution is 2.21. The van der Waals surface area contributed by atoms with E-state index >= 15 is 0 Å². The number of aromatic nitrogens is 4. The lowest BCUT2D eigenvalue weighted by Crippen LogP contribution is -2.18. The predicted molar refractivity (Wildman–Crippen MR) is 87.4 cm³/mol. The van der Waals surface area contributed by atoms with Crippen LogP contribution in [0.4, 0.5) is 5.95 Å². The van der Waals surface area contributed by atoms with Gasteiger partial charge in [0.05, 0.1) is 17.1 Å². The summed E-state index contributed by atoms with van der Waals surface area (Å²) in [5, 5.41) is 20.8. The van der Waals surface area contributed by atoms with Crippen LogP contribution in [0.15, 0.2) is 28.7 Å². The maximum atomic E-state index is 9.49. The molecule has 1 unspecified atom stereocenters. The fraction of sp³-hybridized carbons (Fsp3) is 0.438. The highest BCUT2D eigenvalue weighted by molar-refractivity contribution is 5.78. The summed E-state index contributed by atoms with van der Waals surface area (Å²) < 4.78 is 7.68. The Morgan fingerprint density at radius 3 is 2.70 bits per heavy atom. The van der Waals surface area contributed by atoms with Gasteiger partial charge in [-0.25, -0.2) is 4.98 Å². The third kappa shape index (κ3) is 3.34. The molecule has 7 heteroatoms. The van der Waals surface area contributed by atoms with Crippen LogP contribution in [0, 0.1) is 0 Å². The van der Waals surface area contributed by atoms with E-state index in [0.29, 0.717) is 30.8 Å². The molecule has 2 N–H and O–H groups in total. The molecular weight excluding hydrogens is 294 g/mol. The number of benzene rings is 1. The van der Waals surface area contributed by atoms with Gasteiger partial charge in [0.15, 0.2) is 0 Å². The van der Waals surface area contributed by atoms with Crippen LogP contribution >= 0.6 is 0 Å². The zero-order valence-electron chi connectivity index (χ0n) is 13.5. The summed E-state index contributed by atoms with van der Waals surface area (Å²) in [6, 6.07) is 7.86. The molecule has 0 spiro atoms. The predicted octanol–water partition coefficient (Wildman–Crippen LogP) is 2.38. The number of anilines is 1. The molecule has 0 aliphatic heterocycles. The molecular formula is C16H21N5O2. The molecule has 1 atom stereocenters. The van der Waals surface area contributed by atoms with Gasteiger partial charge in [0, 0.05) is 12.5 Å². The standard InChI is InChI=1S/C16H21N5O2/c1-10(2)15-20-19-14(23-15)9-21-13-7-5-4-6-12(13)18-16(21)17-8-11(3)22/h4-7,10-11,22H,8-9H2,1-3H3,(H,17,18). The Hall–Kier alpha value is -2.41. The lowest BCUT2D eigenvalue weighted by Gasteiger charge is -2.10. The molecule has 3 rings (SSSR count). The van der Waals surface area contributed by atoms with Gasteiger partial charge in [-0.15, -0.1) is 10.2 Å². The lowest BCUT2D eigenvalue weighted by atomic mass is 10.2. The van der Waals surface area contributed by atoms with Gasteiger partial charge in [0.25, 0.3) is 0 Å². The molecule has 2 aromatic heterocycles. The topological polar surface area (TPSA) is 89.0 Å². The molecule has 0 fully saturated rings. The van der Waals surface area contributed by atoms with Crippen LogP contribution < -0.4 is 5.32 Å². The van der Waals surface area contributed by atoms with E-state index in [-0.39, 0.29) is 5.92 Å². The third-order valence-electron chi connectivity index (χ3n) is 3.48. The van der Waals surface area contributed by atoms with Crippen LogP contribution in [-0.2, 0) is 6.54 Å². The second-order valence-corrected chi connectivity index (χ2v) is 5.93. The Balaban J connectivity index is 1.94. The lowest BCUT2D eigenvalue weighted by molar-refractivity contribution is 0.208. The SMILES string of the molecule is CC(O)CNc1nc2ccccc2n1Cc1nnc(C(C)C)o1. The van der Waals surface area contributed by atoms with E-state index in [1.165, 1.54) is 0 Å². The molecule has 1 aromatic carbocycles. The van der Waals surface area contributed by atoms with Crippen LogP contribution in [0.25, 0.3) is 11.0 Å². The third-order valence-corrected chi connectivity index (χ3v) is 3.48. The van der Waals surface area contributed by atoms with E-state index < -0.39 is 6.10 Å². The summed E-state index contributed by atoms with van der Waals surface area (Å²) in [6.07, 6.45) is -0.459. The molecule has 0 aliphatic carbocycles. The Labute approximate surface area is 134 Å². The number of aliphatic hydroxyl groups excluding tert-OH is 1. The van der Waals surface area contributed by atoms with Gasteiger partial charge < -0.3 is 19.4 Å². The van der Waals surface area contributed by atoms with Crippen molar-refractivity contribution in [1.29, 1.82) is 0 Å². The number of fused-ring (bicyclic) bond motifs is 1. The summed E-state index contributed by atoms with van der Waals surface area (Å²) in [6.45, 7) is 6.61. The summed E-state index contributed by atoms with van der Waals surface area (Å²) in [5.41, 5.74) is 1.86. The first-order valence-corrected chi connectivity index (χ1v) is 7.74. The largest absolute Gasteiger partial charge is 0.423 e. The molecule has 23 heavy (non-hydrogen) atoms. The van der Waals surface area contributed by atoms with Crippen molar-refractivity contribution in [2.45, 2.75) is 39.3 Å². The minimum atomic E-state index is -0.459. The highest BCUT2D eigenvalue weighted by atomic mass is 16.4. The Morgan fingerprint density at radius 2 is 2.00 bits per heavy atom. The molecule has 0 saturated carbocycles. The van der Waals surface area contributed by atoms with Gasteiger partial charge in [-0.05, 0) is 19.1 Å². The molecule has 0 radical (unpaired) electrons. The summed E-state index contributed by atoms with van der Waals surface area (Å²) in [4.78, 5) is 4.57. The monoisotopic (exact) mass is 315 g/mol. The van der Waals surface area contributed by atoms with E-state index in [9.17, 15) is 5.11 Å². The van der Waals surface area contributed by atoms with Crippen LogP contribution in [0.5, 0.6) is 0 Å². The van der Waals surface area contributed by atoms with Crippen molar-refractivity contribution in [2.24, 2.45) is 0 Å². The maximum absolute atomic E-state index is 9.49. The molecule has 122 valence electrons. The van der Waals surface area contributed by atoms with Crippen molar-refractivity contribution in [3.8, 4) is 0 Å². The first kappa shape index (κ1) is 15.5. The van der Waals surface area contributed by atoms with E-state index in [0.717, 1.165) is 11.0 Å². The fourth-order valence-electron chi connectivity index (χ4n) is 2.31. The maximum Gasteiger partial charge on any atom is 0.236 e. The highest BCUT2D eigenvalue weighted by Gasteiger charge is 2.15. The van der Waals surface area contributed by atoms with Crippen molar-refractivity contribution >= 4 is 17.0 Å². The van der Waals surface area contributed by atoms with Crippen molar-refractivity contribution < 1.29 is 9.52 Å². The molecule has 0 amide bonds. The van der Waals surface area contributed by atoms with Gasteiger partial charge >= 0.3 is 0 Å². The molecule has 0 aliphatic rings. The molecule has 0 saturated heterocycles. The zero-order valence-corrected chi connectivity index (χ0v) is 13.5. The minimum absolute atomic E-state index is 0.198. The van der Waals surface area contributed by atoms with Crippen LogP contribution in [0.2, 0.25) is 0 Å². The van der Waals surface area contributed by atoms with Crippen molar-refractivity contribution in [3.63, 3.8) is 0 Å². The molecule has 3 aromatic rings. The Bertz CT molecular complexity index is 791. The van der Waals surface area contributed by atoms with Gasteiger partial charge in [0.2, 0.25) is 17.7 Å². The Kier molecular flexibility index (Phi) is 4.29. The zero-order chi connectivity index (χ0) is 16.4. The molecule has 2 heterocycles. The van der Waals surface area contributed by atoms with Crippen LogP contribution in [-0.4, -0.2) is 37.5 Å². The van der Waals surface area contributed by atoms with Gasteiger partial charge in [0.1, 0.15) is 6.54 Å². The number of para-hydroxylation sites is 2. The fourth-order valence-corrected chi connectivity index (χ4v) is 2.31. The number of aliphatic hydroxyl groups is 1. The normalized spacial score (nSPS) is 12.9. The number of rotatable bonds is 6. The van der Waals surface area contributed by atoms with Gasteiger partial charge in [-0.1, -0.05) is 26.0 Å². The summed E-state index contributed by atoms with van der Waals surface area (Å²) >= 11 is 0. The number of nitrogens with zero attached hydrogens (tertiary/aromatic N) is 4. The number of imidazole rings is 1. The second kappa shape index (κ2) is 6.37. The first-order valence-electron chi connectivity index (χ1n) is 7.74.